The van der Waals surface area contributed by atoms with E-state index in [4.69, 9.17) is 4.74 Å². The molecular formula is C14H19N3O3. The molecule has 1 saturated carbocycles. The number of non-ortho nitro benzene ring substituents is 1. The number of nitrogens with zero attached hydrogens (tertiary/aromatic N) is 1. The Morgan fingerprint density at radius 3 is 2.80 bits per heavy atom. The number of hydrogen-bond acceptors (Lipinski definition) is 5. The van der Waals surface area contributed by atoms with Crippen LogP contribution in [0.3, 0.4) is 0 Å². The number of nitrogens with one attached hydrogen (secondary N) is 2. The summed E-state index contributed by atoms with van der Waals surface area (Å²) >= 11 is 0. The zero-order chi connectivity index (χ0) is 14.1. The largest absolute Gasteiger partial charge is 0.493 e. The zero-order valence-corrected chi connectivity index (χ0v) is 11.5. The SMILES string of the molecule is CCCOc1cc(NC2C3CNCC32)cc([N+](=O)[O-])c1. The summed E-state index contributed by atoms with van der Waals surface area (Å²) in [5.74, 6) is 1.89. The second kappa shape index (κ2) is 5.28. The van der Waals surface area contributed by atoms with E-state index in [2.05, 4.69) is 10.6 Å². The van der Waals surface area contributed by atoms with Gasteiger partial charge in [-0.1, -0.05) is 6.92 Å². The lowest BCUT2D eigenvalue weighted by Gasteiger charge is -2.11. The summed E-state index contributed by atoms with van der Waals surface area (Å²) in [6, 6.07) is 5.36. The first kappa shape index (κ1) is 13.2. The molecule has 0 bridgehead atoms. The van der Waals surface area contributed by atoms with Crippen molar-refractivity contribution in [3.05, 3.63) is 28.3 Å². The summed E-state index contributed by atoms with van der Waals surface area (Å²) in [5.41, 5.74) is 0.856. The second-order valence-electron chi connectivity index (χ2n) is 5.48. The van der Waals surface area contributed by atoms with Crippen LogP contribution in [-0.4, -0.2) is 30.7 Å². The maximum atomic E-state index is 11.0. The van der Waals surface area contributed by atoms with E-state index in [0.717, 1.165) is 25.2 Å². The van der Waals surface area contributed by atoms with Gasteiger partial charge in [-0.15, -0.1) is 0 Å². The highest BCUT2D eigenvalue weighted by Gasteiger charge is 2.52. The van der Waals surface area contributed by atoms with Crippen molar-refractivity contribution in [2.24, 2.45) is 11.8 Å². The minimum absolute atomic E-state index is 0.0741. The van der Waals surface area contributed by atoms with Gasteiger partial charge in [0.05, 0.1) is 17.6 Å². The number of piperidine rings is 1. The average molecular weight is 277 g/mol. The Bertz CT molecular complexity index is 510. The molecule has 0 aromatic heterocycles. The van der Waals surface area contributed by atoms with Gasteiger partial charge in [-0.3, -0.25) is 10.1 Å². The fraction of sp³-hybridized carbons (Fsp3) is 0.571. The van der Waals surface area contributed by atoms with Crippen molar-refractivity contribution >= 4 is 11.4 Å². The first-order valence-electron chi connectivity index (χ1n) is 7.08. The molecule has 2 atom stereocenters. The first-order valence-corrected chi connectivity index (χ1v) is 7.08. The number of nitro groups is 1. The maximum Gasteiger partial charge on any atom is 0.275 e. The first-order chi connectivity index (χ1) is 9.69. The number of anilines is 1. The standard InChI is InChI=1S/C14H19N3O3/c1-2-3-20-11-5-9(4-10(6-11)17(18)19)16-14-12-7-15-8-13(12)14/h4-6,12-16H,2-3,7-8H2,1H3. The second-order valence-corrected chi connectivity index (χ2v) is 5.48. The van der Waals surface area contributed by atoms with Gasteiger partial charge in [0.2, 0.25) is 0 Å². The van der Waals surface area contributed by atoms with E-state index in [1.807, 2.05) is 13.0 Å². The van der Waals surface area contributed by atoms with Gasteiger partial charge in [0.1, 0.15) is 5.75 Å². The number of benzene rings is 1. The molecule has 0 spiro atoms. The molecule has 1 heterocycles. The van der Waals surface area contributed by atoms with Crippen LogP contribution >= 0.6 is 0 Å². The predicted molar refractivity (Wildman–Crippen MR) is 76.1 cm³/mol. The van der Waals surface area contributed by atoms with Crippen LogP contribution in [0.25, 0.3) is 0 Å². The molecule has 2 unspecified atom stereocenters. The molecular weight excluding hydrogens is 258 g/mol. The van der Waals surface area contributed by atoms with Gasteiger partial charge in [0.15, 0.2) is 0 Å². The van der Waals surface area contributed by atoms with Crippen molar-refractivity contribution in [2.45, 2.75) is 19.4 Å². The molecule has 2 aliphatic rings. The van der Waals surface area contributed by atoms with Crippen LogP contribution in [-0.2, 0) is 0 Å². The van der Waals surface area contributed by atoms with Crippen LogP contribution in [0.5, 0.6) is 5.75 Å². The van der Waals surface area contributed by atoms with Crippen molar-refractivity contribution in [3.63, 3.8) is 0 Å². The molecule has 6 nitrogen and oxygen atoms in total. The van der Waals surface area contributed by atoms with E-state index in [1.165, 1.54) is 6.07 Å². The third-order valence-electron chi connectivity index (χ3n) is 4.00. The summed E-state index contributed by atoms with van der Waals surface area (Å²) in [7, 11) is 0. The summed E-state index contributed by atoms with van der Waals surface area (Å²) in [5, 5.41) is 17.7. The van der Waals surface area contributed by atoms with E-state index in [0.29, 0.717) is 30.2 Å². The number of nitro benzene ring substituents is 1. The Hall–Kier alpha value is -1.82. The Kier molecular flexibility index (Phi) is 3.48. The van der Waals surface area contributed by atoms with Crippen molar-refractivity contribution in [1.29, 1.82) is 0 Å². The number of hydrogen-bond donors (Lipinski definition) is 2. The highest BCUT2D eigenvalue weighted by Crippen LogP contribution is 2.44. The molecule has 1 aliphatic carbocycles. The Labute approximate surface area is 117 Å². The molecule has 2 N–H and O–H groups in total. The van der Waals surface area contributed by atoms with E-state index in [1.54, 1.807) is 6.07 Å². The van der Waals surface area contributed by atoms with Gasteiger partial charge in [0, 0.05) is 37.0 Å². The molecule has 20 heavy (non-hydrogen) atoms. The number of rotatable bonds is 6. The molecule has 0 amide bonds. The van der Waals surface area contributed by atoms with Gasteiger partial charge < -0.3 is 15.4 Å². The van der Waals surface area contributed by atoms with Crippen LogP contribution in [0.4, 0.5) is 11.4 Å². The molecule has 6 heteroatoms. The Morgan fingerprint density at radius 1 is 1.40 bits per heavy atom. The summed E-state index contributed by atoms with van der Waals surface area (Å²) < 4.78 is 5.53. The Morgan fingerprint density at radius 2 is 2.15 bits per heavy atom. The normalized spacial score (nSPS) is 26.9. The van der Waals surface area contributed by atoms with Gasteiger partial charge in [0.25, 0.3) is 5.69 Å². The van der Waals surface area contributed by atoms with Crippen molar-refractivity contribution in [1.82, 2.24) is 5.32 Å². The molecule has 2 fully saturated rings. The van der Waals surface area contributed by atoms with Crippen LogP contribution in [0, 0.1) is 22.0 Å². The lowest BCUT2D eigenvalue weighted by Crippen LogP contribution is -2.21. The van der Waals surface area contributed by atoms with Crippen LogP contribution in [0.2, 0.25) is 0 Å². The molecule has 1 saturated heterocycles. The molecule has 1 aliphatic heterocycles. The summed E-state index contributed by atoms with van der Waals surface area (Å²) in [4.78, 5) is 10.6. The summed E-state index contributed by atoms with van der Waals surface area (Å²) in [6.07, 6.45) is 0.879. The monoisotopic (exact) mass is 277 g/mol. The number of fused-ring (bicyclic) bond motifs is 1. The van der Waals surface area contributed by atoms with E-state index in [-0.39, 0.29) is 10.6 Å². The molecule has 3 rings (SSSR count). The average Bonchev–Trinajstić information content (AvgIpc) is 2.88. The molecule has 1 aromatic rings. The number of ether oxygens (including phenoxy) is 1. The van der Waals surface area contributed by atoms with Crippen LogP contribution < -0.4 is 15.4 Å². The zero-order valence-electron chi connectivity index (χ0n) is 11.5. The van der Waals surface area contributed by atoms with E-state index >= 15 is 0 Å². The predicted octanol–water partition coefficient (Wildman–Crippen LogP) is 2.01. The van der Waals surface area contributed by atoms with Crippen LogP contribution in [0.1, 0.15) is 13.3 Å². The smallest absolute Gasteiger partial charge is 0.275 e. The van der Waals surface area contributed by atoms with Gasteiger partial charge in [-0.25, -0.2) is 0 Å². The fourth-order valence-corrected chi connectivity index (χ4v) is 2.90. The summed E-state index contributed by atoms with van der Waals surface area (Å²) in [6.45, 7) is 4.65. The molecule has 1 aromatic carbocycles. The van der Waals surface area contributed by atoms with Crippen molar-refractivity contribution in [3.8, 4) is 5.75 Å². The highest BCUT2D eigenvalue weighted by atomic mass is 16.6. The minimum Gasteiger partial charge on any atom is -0.493 e. The van der Waals surface area contributed by atoms with Crippen LogP contribution in [0.15, 0.2) is 18.2 Å². The minimum atomic E-state index is -0.376. The lowest BCUT2D eigenvalue weighted by molar-refractivity contribution is -0.384. The van der Waals surface area contributed by atoms with Gasteiger partial charge in [-0.05, 0) is 18.3 Å². The van der Waals surface area contributed by atoms with Gasteiger partial charge >= 0.3 is 0 Å². The third-order valence-corrected chi connectivity index (χ3v) is 4.00. The quantitative estimate of drug-likeness (QED) is 0.614. The third kappa shape index (κ3) is 2.56. The van der Waals surface area contributed by atoms with Crippen molar-refractivity contribution in [2.75, 3.05) is 25.0 Å². The Balaban J connectivity index is 1.74. The fourth-order valence-electron chi connectivity index (χ4n) is 2.90. The topological polar surface area (TPSA) is 76.4 Å². The lowest BCUT2D eigenvalue weighted by atomic mass is 10.2. The van der Waals surface area contributed by atoms with Crippen molar-refractivity contribution < 1.29 is 9.66 Å². The maximum absolute atomic E-state index is 11.0. The van der Waals surface area contributed by atoms with Gasteiger partial charge in [-0.2, -0.15) is 0 Å². The van der Waals surface area contributed by atoms with E-state index in [9.17, 15) is 10.1 Å². The molecule has 108 valence electrons. The molecule has 0 radical (unpaired) electrons. The highest BCUT2D eigenvalue weighted by molar-refractivity contribution is 5.57. The van der Waals surface area contributed by atoms with E-state index < -0.39 is 0 Å².